The van der Waals surface area contributed by atoms with E-state index in [1.54, 1.807) is 23.9 Å². The molecule has 1 amide bonds. The van der Waals surface area contributed by atoms with Crippen LogP contribution in [0, 0.1) is 13.8 Å². The molecule has 0 unspecified atom stereocenters. The van der Waals surface area contributed by atoms with Gasteiger partial charge >= 0.3 is 0 Å². The van der Waals surface area contributed by atoms with E-state index in [2.05, 4.69) is 15.5 Å². The van der Waals surface area contributed by atoms with Crippen molar-refractivity contribution >= 4 is 17.3 Å². The minimum Gasteiger partial charge on any atom is -0.397 e. The maximum atomic E-state index is 12.0. The Labute approximate surface area is 98.8 Å². The molecule has 2 heterocycles. The smallest absolute Gasteiger partial charge is 0.272 e. The summed E-state index contributed by atoms with van der Waals surface area (Å²) >= 11 is 0. The SMILES string of the molecule is Cc1n[nH]c(C)c1NC(=O)c1cc(N)cn1C. The fourth-order valence-corrected chi connectivity index (χ4v) is 1.73. The van der Waals surface area contributed by atoms with Gasteiger partial charge < -0.3 is 15.6 Å². The van der Waals surface area contributed by atoms with Gasteiger partial charge in [0.05, 0.1) is 22.8 Å². The topological polar surface area (TPSA) is 88.7 Å². The van der Waals surface area contributed by atoms with Crippen molar-refractivity contribution in [1.29, 1.82) is 0 Å². The van der Waals surface area contributed by atoms with E-state index < -0.39 is 0 Å². The van der Waals surface area contributed by atoms with Crippen molar-refractivity contribution in [3.8, 4) is 0 Å². The Bertz CT molecular complexity index is 547. The maximum Gasteiger partial charge on any atom is 0.272 e. The summed E-state index contributed by atoms with van der Waals surface area (Å²) in [7, 11) is 1.78. The molecular weight excluding hydrogens is 218 g/mol. The van der Waals surface area contributed by atoms with E-state index in [0.717, 1.165) is 17.1 Å². The molecule has 0 aliphatic carbocycles. The third kappa shape index (κ3) is 2.01. The molecule has 4 N–H and O–H groups in total. The van der Waals surface area contributed by atoms with Gasteiger partial charge in [-0.15, -0.1) is 0 Å². The number of carbonyl (C=O) groups excluding carboxylic acids is 1. The Morgan fingerprint density at radius 2 is 2.24 bits per heavy atom. The summed E-state index contributed by atoms with van der Waals surface area (Å²) in [5.41, 5.74) is 9.03. The molecule has 90 valence electrons. The van der Waals surface area contributed by atoms with E-state index in [4.69, 9.17) is 5.73 Å². The highest BCUT2D eigenvalue weighted by Gasteiger charge is 2.14. The summed E-state index contributed by atoms with van der Waals surface area (Å²) in [5, 5.41) is 9.66. The van der Waals surface area contributed by atoms with E-state index in [9.17, 15) is 4.79 Å². The molecule has 0 aliphatic rings. The van der Waals surface area contributed by atoms with Gasteiger partial charge in [0.1, 0.15) is 5.69 Å². The van der Waals surface area contributed by atoms with Gasteiger partial charge in [-0.3, -0.25) is 9.89 Å². The highest BCUT2D eigenvalue weighted by atomic mass is 16.2. The highest BCUT2D eigenvalue weighted by molar-refractivity contribution is 6.04. The van der Waals surface area contributed by atoms with E-state index in [1.807, 2.05) is 13.8 Å². The summed E-state index contributed by atoms with van der Waals surface area (Å²) in [6.45, 7) is 3.69. The number of nitrogens with two attached hydrogens (primary N) is 1. The largest absolute Gasteiger partial charge is 0.397 e. The lowest BCUT2D eigenvalue weighted by atomic mass is 10.3. The molecule has 0 radical (unpaired) electrons. The van der Waals surface area contributed by atoms with Crippen molar-refractivity contribution in [3.05, 3.63) is 29.3 Å². The second-order valence-corrected chi connectivity index (χ2v) is 4.03. The van der Waals surface area contributed by atoms with Crippen LogP contribution >= 0.6 is 0 Å². The van der Waals surface area contributed by atoms with Crippen LogP contribution in [-0.4, -0.2) is 20.7 Å². The van der Waals surface area contributed by atoms with Crippen LogP contribution in [0.4, 0.5) is 11.4 Å². The fourth-order valence-electron chi connectivity index (χ4n) is 1.73. The van der Waals surface area contributed by atoms with Crippen LogP contribution in [0.2, 0.25) is 0 Å². The summed E-state index contributed by atoms with van der Waals surface area (Å²) < 4.78 is 1.69. The molecule has 2 aromatic rings. The normalized spacial score (nSPS) is 10.5. The number of anilines is 2. The van der Waals surface area contributed by atoms with Gasteiger partial charge in [0, 0.05) is 13.2 Å². The number of aromatic amines is 1. The van der Waals surface area contributed by atoms with Gasteiger partial charge in [-0.05, 0) is 19.9 Å². The van der Waals surface area contributed by atoms with Crippen LogP contribution in [0.1, 0.15) is 21.9 Å². The van der Waals surface area contributed by atoms with Crippen LogP contribution in [-0.2, 0) is 7.05 Å². The predicted octanol–water partition coefficient (Wildman–Crippen LogP) is 1.20. The van der Waals surface area contributed by atoms with Gasteiger partial charge in [0.15, 0.2) is 0 Å². The molecule has 0 spiro atoms. The predicted molar refractivity (Wildman–Crippen MR) is 65.8 cm³/mol. The van der Waals surface area contributed by atoms with Crippen molar-refractivity contribution in [3.63, 3.8) is 0 Å². The Balaban J connectivity index is 2.26. The molecule has 2 rings (SSSR count). The van der Waals surface area contributed by atoms with Crippen LogP contribution < -0.4 is 11.1 Å². The first-order valence-corrected chi connectivity index (χ1v) is 5.24. The third-order valence-electron chi connectivity index (χ3n) is 2.63. The molecule has 0 atom stereocenters. The molecule has 0 fully saturated rings. The summed E-state index contributed by atoms with van der Waals surface area (Å²) in [6.07, 6.45) is 1.70. The molecule has 0 bridgehead atoms. The molecule has 0 aromatic carbocycles. The molecule has 0 saturated heterocycles. The van der Waals surface area contributed by atoms with Crippen molar-refractivity contribution < 1.29 is 4.79 Å². The van der Waals surface area contributed by atoms with Crippen molar-refractivity contribution in [2.75, 3.05) is 11.1 Å². The summed E-state index contributed by atoms with van der Waals surface area (Å²) in [4.78, 5) is 12.0. The number of carbonyl (C=O) groups is 1. The highest BCUT2D eigenvalue weighted by Crippen LogP contribution is 2.18. The average Bonchev–Trinajstić information content (AvgIpc) is 2.74. The standard InChI is InChI=1S/C11H15N5O/c1-6-10(7(2)15-14-6)13-11(17)9-4-8(12)5-16(9)3/h4-5H,12H2,1-3H3,(H,13,17)(H,14,15). The van der Waals surface area contributed by atoms with Crippen LogP contribution in [0.25, 0.3) is 0 Å². The monoisotopic (exact) mass is 233 g/mol. The Morgan fingerprint density at radius 1 is 1.53 bits per heavy atom. The lowest BCUT2D eigenvalue weighted by molar-refractivity contribution is 0.101. The fraction of sp³-hybridized carbons (Fsp3) is 0.273. The molecule has 17 heavy (non-hydrogen) atoms. The number of aryl methyl sites for hydroxylation is 3. The zero-order valence-electron chi connectivity index (χ0n) is 10.0. The number of nitrogens with one attached hydrogen (secondary N) is 2. The number of hydrogen-bond acceptors (Lipinski definition) is 3. The van der Waals surface area contributed by atoms with Crippen LogP contribution in [0.5, 0.6) is 0 Å². The number of rotatable bonds is 2. The first-order chi connectivity index (χ1) is 7.99. The van der Waals surface area contributed by atoms with Crippen molar-refractivity contribution in [1.82, 2.24) is 14.8 Å². The minimum absolute atomic E-state index is 0.197. The maximum absolute atomic E-state index is 12.0. The number of nitrogens with zero attached hydrogens (tertiary/aromatic N) is 2. The summed E-state index contributed by atoms with van der Waals surface area (Å²) in [6, 6.07) is 1.64. The molecule has 0 aliphatic heterocycles. The first kappa shape index (κ1) is 11.3. The number of H-pyrrole nitrogens is 1. The first-order valence-electron chi connectivity index (χ1n) is 5.24. The minimum atomic E-state index is -0.197. The number of aromatic nitrogens is 3. The zero-order valence-corrected chi connectivity index (χ0v) is 10.0. The van der Waals surface area contributed by atoms with Crippen LogP contribution in [0.3, 0.4) is 0 Å². The number of nitrogen functional groups attached to an aromatic ring is 1. The second kappa shape index (κ2) is 3.97. The molecule has 0 saturated carbocycles. The number of hydrogen-bond donors (Lipinski definition) is 3. The van der Waals surface area contributed by atoms with Gasteiger partial charge in [-0.2, -0.15) is 5.10 Å². The zero-order chi connectivity index (χ0) is 12.6. The van der Waals surface area contributed by atoms with E-state index in [1.165, 1.54) is 0 Å². The van der Waals surface area contributed by atoms with Crippen LogP contribution in [0.15, 0.2) is 12.3 Å². The van der Waals surface area contributed by atoms with Gasteiger partial charge in [-0.25, -0.2) is 0 Å². The molecule has 2 aromatic heterocycles. The Hall–Kier alpha value is -2.24. The molecular formula is C11H15N5O. The van der Waals surface area contributed by atoms with Gasteiger partial charge in [-0.1, -0.05) is 0 Å². The average molecular weight is 233 g/mol. The van der Waals surface area contributed by atoms with Crippen molar-refractivity contribution in [2.24, 2.45) is 7.05 Å². The lowest BCUT2D eigenvalue weighted by Gasteiger charge is -2.05. The molecule has 6 nitrogen and oxygen atoms in total. The summed E-state index contributed by atoms with van der Waals surface area (Å²) in [5.74, 6) is -0.197. The number of amides is 1. The lowest BCUT2D eigenvalue weighted by Crippen LogP contribution is -2.16. The quantitative estimate of drug-likeness (QED) is 0.728. The molecule has 6 heteroatoms. The van der Waals surface area contributed by atoms with E-state index in [-0.39, 0.29) is 5.91 Å². The van der Waals surface area contributed by atoms with E-state index in [0.29, 0.717) is 11.4 Å². The van der Waals surface area contributed by atoms with Crippen molar-refractivity contribution in [2.45, 2.75) is 13.8 Å². The Kier molecular flexibility index (Phi) is 2.63. The van der Waals surface area contributed by atoms with Gasteiger partial charge in [0.2, 0.25) is 0 Å². The van der Waals surface area contributed by atoms with Gasteiger partial charge in [0.25, 0.3) is 5.91 Å². The van der Waals surface area contributed by atoms with E-state index >= 15 is 0 Å². The Morgan fingerprint density at radius 3 is 2.71 bits per heavy atom. The second-order valence-electron chi connectivity index (χ2n) is 4.03. The third-order valence-corrected chi connectivity index (χ3v) is 2.63.